The van der Waals surface area contributed by atoms with Crippen molar-refractivity contribution in [3.05, 3.63) is 38.9 Å². The largest absolute Gasteiger partial charge is 0.392 e. The van der Waals surface area contributed by atoms with E-state index >= 15 is 0 Å². The van der Waals surface area contributed by atoms with Crippen LogP contribution in [-0.4, -0.2) is 22.7 Å². The van der Waals surface area contributed by atoms with E-state index in [4.69, 9.17) is 16.7 Å². The van der Waals surface area contributed by atoms with Gasteiger partial charge in [-0.2, -0.15) is 0 Å². The quantitative estimate of drug-likeness (QED) is 0.611. The smallest absolute Gasteiger partial charge is 0.275 e. The van der Waals surface area contributed by atoms with Gasteiger partial charge in [0, 0.05) is 19.2 Å². The summed E-state index contributed by atoms with van der Waals surface area (Å²) in [6, 6.07) is 4.55. The van der Waals surface area contributed by atoms with Crippen LogP contribution in [0.3, 0.4) is 0 Å². The number of nitro benzene ring substituents is 1. The van der Waals surface area contributed by atoms with Gasteiger partial charge in [-0.25, -0.2) is 0 Å². The van der Waals surface area contributed by atoms with Gasteiger partial charge in [0.2, 0.25) is 0 Å². The maximum atomic E-state index is 10.7. The van der Waals surface area contributed by atoms with Gasteiger partial charge in [-0.15, -0.1) is 0 Å². The van der Waals surface area contributed by atoms with Crippen molar-refractivity contribution in [2.45, 2.75) is 19.6 Å². The van der Waals surface area contributed by atoms with Gasteiger partial charge in [-0.05, 0) is 13.0 Å². The van der Waals surface area contributed by atoms with E-state index in [-0.39, 0.29) is 12.2 Å². The minimum absolute atomic E-state index is 0.00871. The third-order valence-electron chi connectivity index (χ3n) is 2.03. The van der Waals surface area contributed by atoms with Crippen LogP contribution in [0.5, 0.6) is 0 Å². The van der Waals surface area contributed by atoms with Gasteiger partial charge < -0.3 is 10.4 Å². The van der Waals surface area contributed by atoms with Gasteiger partial charge >= 0.3 is 0 Å². The Morgan fingerprint density at radius 1 is 1.62 bits per heavy atom. The van der Waals surface area contributed by atoms with Gasteiger partial charge in [-0.1, -0.05) is 17.7 Å². The van der Waals surface area contributed by atoms with Gasteiger partial charge in [0.25, 0.3) is 5.69 Å². The third kappa shape index (κ3) is 3.44. The number of aliphatic hydroxyl groups excluding tert-OH is 1. The molecule has 0 radical (unpaired) electrons. The maximum absolute atomic E-state index is 10.7. The number of rotatable bonds is 5. The maximum Gasteiger partial charge on any atom is 0.275 e. The molecule has 1 rings (SSSR count). The molecule has 1 atom stereocenters. The Hall–Kier alpha value is -1.17. The van der Waals surface area contributed by atoms with E-state index < -0.39 is 11.0 Å². The average Bonchev–Trinajstić information content (AvgIpc) is 2.19. The second-order valence-electron chi connectivity index (χ2n) is 3.47. The van der Waals surface area contributed by atoms with E-state index in [0.29, 0.717) is 17.1 Å². The van der Waals surface area contributed by atoms with Crippen molar-refractivity contribution in [2.75, 3.05) is 6.54 Å². The first-order valence-corrected chi connectivity index (χ1v) is 5.20. The highest BCUT2D eigenvalue weighted by molar-refractivity contribution is 6.31. The zero-order valence-electron chi connectivity index (χ0n) is 8.81. The number of nitrogens with zero attached hydrogens (tertiary/aromatic N) is 1. The van der Waals surface area contributed by atoms with Gasteiger partial charge in [0.15, 0.2) is 0 Å². The van der Waals surface area contributed by atoms with E-state index in [0.717, 1.165) is 0 Å². The van der Waals surface area contributed by atoms with Crippen LogP contribution in [0.4, 0.5) is 5.69 Å². The van der Waals surface area contributed by atoms with Gasteiger partial charge in [0.1, 0.15) is 0 Å². The minimum atomic E-state index is -0.499. The zero-order valence-corrected chi connectivity index (χ0v) is 9.57. The van der Waals surface area contributed by atoms with Gasteiger partial charge in [0.05, 0.1) is 21.6 Å². The van der Waals surface area contributed by atoms with E-state index in [1.165, 1.54) is 6.07 Å². The second-order valence-corrected chi connectivity index (χ2v) is 3.88. The molecule has 1 unspecified atom stereocenters. The Balaban J connectivity index is 2.80. The van der Waals surface area contributed by atoms with Crippen LogP contribution < -0.4 is 5.32 Å². The highest BCUT2D eigenvalue weighted by atomic mass is 35.5. The topological polar surface area (TPSA) is 75.4 Å². The predicted octanol–water partition coefficient (Wildman–Crippen LogP) is 1.72. The number of halogens is 1. The van der Waals surface area contributed by atoms with Crippen LogP contribution >= 0.6 is 11.6 Å². The first-order valence-electron chi connectivity index (χ1n) is 4.83. The molecule has 1 aromatic rings. The summed E-state index contributed by atoms with van der Waals surface area (Å²) >= 11 is 5.88. The summed E-state index contributed by atoms with van der Waals surface area (Å²) in [5.74, 6) is 0. The molecule has 88 valence electrons. The normalized spacial score (nSPS) is 12.4. The summed E-state index contributed by atoms with van der Waals surface area (Å²) in [6.45, 7) is 2.26. The molecular formula is C10H13ClN2O3. The molecule has 0 amide bonds. The molecule has 2 N–H and O–H groups in total. The molecule has 1 aromatic carbocycles. The highest BCUT2D eigenvalue weighted by Gasteiger charge is 2.15. The molecular weight excluding hydrogens is 232 g/mol. The van der Waals surface area contributed by atoms with Crippen molar-refractivity contribution in [1.29, 1.82) is 0 Å². The number of hydrogen-bond acceptors (Lipinski definition) is 4. The lowest BCUT2D eigenvalue weighted by Gasteiger charge is -2.08. The van der Waals surface area contributed by atoms with Crippen molar-refractivity contribution in [1.82, 2.24) is 5.32 Å². The fraction of sp³-hybridized carbons (Fsp3) is 0.400. The molecule has 0 saturated heterocycles. The SMILES string of the molecule is CC(O)CNCc1c(Cl)cccc1[N+](=O)[O-]. The molecule has 0 spiro atoms. The third-order valence-corrected chi connectivity index (χ3v) is 2.39. The molecule has 0 aliphatic rings. The van der Waals surface area contributed by atoms with Crippen molar-refractivity contribution in [3.8, 4) is 0 Å². The summed E-state index contributed by atoms with van der Waals surface area (Å²) < 4.78 is 0. The van der Waals surface area contributed by atoms with E-state index in [9.17, 15) is 10.1 Å². The monoisotopic (exact) mass is 244 g/mol. The first-order chi connectivity index (χ1) is 7.52. The van der Waals surface area contributed by atoms with Crippen LogP contribution in [-0.2, 0) is 6.54 Å². The van der Waals surface area contributed by atoms with Crippen molar-refractivity contribution in [3.63, 3.8) is 0 Å². The predicted molar refractivity (Wildman–Crippen MR) is 61.5 cm³/mol. The average molecular weight is 245 g/mol. The second kappa shape index (κ2) is 5.79. The summed E-state index contributed by atoms with van der Waals surface area (Å²) in [5, 5.41) is 23.0. The molecule has 16 heavy (non-hydrogen) atoms. The van der Waals surface area contributed by atoms with Crippen molar-refractivity contribution < 1.29 is 10.0 Å². The molecule has 0 heterocycles. The Labute approximate surface area is 98.2 Å². The molecule has 0 bridgehead atoms. The van der Waals surface area contributed by atoms with Crippen LogP contribution in [0, 0.1) is 10.1 Å². The number of nitrogens with one attached hydrogen (secondary N) is 1. The minimum Gasteiger partial charge on any atom is -0.392 e. The summed E-state index contributed by atoms with van der Waals surface area (Å²) in [4.78, 5) is 10.3. The fourth-order valence-corrected chi connectivity index (χ4v) is 1.54. The van der Waals surface area contributed by atoms with E-state index in [1.807, 2.05) is 0 Å². The lowest BCUT2D eigenvalue weighted by atomic mass is 10.2. The summed E-state index contributed by atoms with van der Waals surface area (Å²) in [6.07, 6.45) is -0.499. The fourth-order valence-electron chi connectivity index (χ4n) is 1.30. The van der Waals surface area contributed by atoms with Crippen molar-refractivity contribution in [2.24, 2.45) is 0 Å². The Bertz CT molecular complexity index is 382. The van der Waals surface area contributed by atoms with Crippen molar-refractivity contribution >= 4 is 17.3 Å². The van der Waals surface area contributed by atoms with E-state index in [2.05, 4.69) is 5.32 Å². The Kier molecular flexibility index (Phi) is 4.67. The first kappa shape index (κ1) is 12.9. The summed E-state index contributed by atoms with van der Waals surface area (Å²) in [7, 11) is 0. The number of nitro groups is 1. The molecule has 0 fully saturated rings. The highest BCUT2D eigenvalue weighted by Crippen LogP contribution is 2.25. The molecule has 0 aliphatic carbocycles. The molecule has 0 saturated carbocycles. The summed E-state index contributed by atoms with van der Waals surface area (Å²) in [5.41, 5.74) is 0.431. The Morgan fingerprint density at radius 3 is 2.88 bits per heavy atom. The van der Waals surface area contributed by atoms with Gasteiger partial charge in [-0.3, -0.25) is 10.1 Å². The standard InChI is InChI=1S/C10H13ClN2O3/c1-7(14)5-12-6-8-9(11)3-2-4-10(8)13(15)16/h2-4,7,12,14H,5-6H2,1H3. The Morgan fingerprint density at radius 2 is 2.31 bits per heavy atom. The van der Waals surface area contributed by atoms with Crippen LogP contribution in [0.2, 0.25) is 5.02 Å². The molecule has 0 aliphatic heterocycles. The zero-order chi connectivity index (χ0) is 12.1. The number of benzene rings is 1. The lowest BCUT2D eigenvalue weighted by Crippen LogP contribution is -2.24. The molecule has 0 aromatic heterocycles. The number of aliphatic hydroxyl groups is 1. The molecule has 6 heteroatoms. The molecule has 5 nitrogen and oxygen atoms in total. The van der Waals surface area contributed by atoms with Crippen LogP contribution in [0.1, 0.15) is 12.5 Å². The van der Waals surface area contributed by atoms with Crippen LogP contribution in [0.25, 0.3) is 0 Å². The van der Waals surface area contributed by atoms with Crippen LogP contribution in [0.15, 0.2) is 18.2 Å². The van der Waals surface area contributed by atoms with E-state index in [1.54, 1.807) is 19.1 Å². The number of hydrogen-bond donors (Lipinski definition) is 2. The lowest BCUT2D eigenvalue weighted by molar-refractivity contribution is -0.385.